The third kappa shape index (κ3) is 4.54. The third-order valence-corrected chi connectivity index (χ3v) is 5.18. The van der Waals surface area contributed by atoms with E-state index in [-0.39, 0.29) is 22.8 Å². The number of nitro groups is 1. The molecule has 0 atom stereocenters. The van der Waals surface area contributed by atoms with Crippen molar-refractivity contribution >= 4 is 37.3 Å². The molecule has 2 aromatic carbocycles. The molecule has 27 heavy (non-hydrogen) atoms. The second kappa shape index (κ2) is 7.51. The normalized spacial score (nSPS) is 11.3. The van der Waals surface area contributed by atoms with E-state index in [0.717, 1.165) is 16.1 Å². The quantitative estimate of drug-likeness (QED) is 0.432. The summed E-state index contributed by atoms with van der Waals surface area (Å²) in [5.41, 5.74) is 0.670. The van der Waals surface area contributed by atoms with Crippen LogP contribution in [0.15, 0.2) is 68.4 Å². The van der Waals surface area contributed by atoms with Crippen molar-refractivity contribution in [2.45, 2.75) is 11.4 Å². The maximum atomic E-state index is 11.4. The second-order valence-corrected chi connectivity index (χ2v) is 8.08. The van der Waals surface area contributed by atoms with Crippen molar-refractivity contribution in [3.05, 3.63) is 74.9 Å². The van der Waals surface area contributed by atoms with Gasteiger partial charge in [0.05, 0.1) is 16.4 Å². The number of rotatable bonds is 6. The number of nitrogens with two attached hydrogens (primary N) is 1. The van der Waals surface area contributed by atoms with Gasteiger partial charge in [-0.15, -0.1) is 0 Å². The van der Waals surface area contributed by atoms with Crippen LogP contribution in [-0.2, 0) is 16.6 Å². The predicted molar refractivity (Wildman–Crippen MR) is 104 cm³/mol. The largest absolute Gasteiger partial charge is 0.459 e. The number of primary sulfonamides is 1. The van der Waals surface area contributed by atoms with Crippen molar-refractivity contribution < 1.29 is 17.8 Å². The van der Waals surface area contributed by atoms with Crippen molar-refractivity contribution in [3.8, 4) is 11.3 Å². The number of anilines is 1. The zero-order valence-electron chi connectivity index (χ0n) is 13.8. The van der Waals surface area contributed by atoms with E-state index in [4.69, 9.17) is 9.56 Å². The number of halogens is 1. The fourth-order valence-corrected chi connectivity index (χ4v) is 3.21. The molecular weight excluding hydrogens is 438 g/mol. The molecule has 140 valence electrons. The van der Waals surface area contributed by atoms with Crippen LogP contribution in [0.1, 0.15) is 5.76 Å². The number of hydrogen-bond donors (Lipinski definition) is 2. The highest BCUT2D eigenvalue weighted by Crippen LogP contribution is 2.29. The molecule has 0 aliphatic heterocycles. The van der Waals surface area contributed by atoms with Crippen LogP contribution in [0.4, 0.5) is 11.4 Å². The fourth-order valence-electron chi connectivity index (χ4n) is 2.41. The Morgan fingerprint density at radius 2 is 1.81 bits per heavy atom. The van der Waals surface area contributed by atoms with Gasteiger partial charge in [0.25, 0.3) is 5.69 Å². The SMILES string of the molecule is NS(=O)(=O)c1ccc(NCc2ccc(-c3ccc(Br)cc3)o2)c([N+](=O)[O-])c1. The van der Waals surface area contributed by atoms with Crippen LogP contribution in [0, 0.1) is 10.1 Å². The Kier molecular flexibility index (Phi) is 5.31. The minimum absolute atomic E-state index is 0.161. The molecule has 0 radical (unpaired) electrons. The van der Waals surface area contributed by atoms with Gasteiger partial charge < -0.3 is 9.73 Å². The van der Waals surface area contributed by atoms with E-state index in [1.54, 1.807) is 12.1 Å². The highest BCUT2D eigenvalue weighted by molar-refractivity contribution is 9.10. The number of furan rings is 1. The lowest BCUT2D eigenvalue weighted by molar-refractivity contribution is -0.384. The van der Waals surface area contributed by atoms with Gasteiger partial charge in [0.2, 0.25) is 10.0 Å². The van der Waals surface area contributed by atoms with E-state index in [0.29, 0.717) is 11.5 Å². The molecule has 0 spiro atoms. The number of benzene rings is 2. The second-order valence-electron chi connectivity index (χ2n) is 5.61. The van der Waals surface area contributed by atoms with E-state index in [1.807, 2.05) is 24.3 Å². The number of hydrogen-bond acceptors (Lipinski definition) is 6. The van der Waals surface area contributed by atoms with Gasteiger partial charge >= 0.3 is 0 Å². The minimum atomic E-state index is -4.03. The molecule has 0 bridgehead atoms. The summed E-state index contributed by atoms with van der Waals surface area (Å²) in [7, 11) is -4.03. The fraction of sp³-hybridized carbons (Fsp3) is 0.0588. The van der Waals surface area contributed by atoms with E-state index < -0.39 is 14.9 Å². The lowest BCUT2D eigenvalue weighted by Gasteiger charge is -2.07. The Hall–Kier alpha value is -2.69. The molecule has 0 fully saturated rings. The molecule has 1 aromatic heterocycles. The van der Waals surface area contributed by atoms with Crippen molar-refractivity contribution in [1.82, 2.24) is 0 Å². The van der Waals surface area contributed by atoms with Gasteiger partial charge in [-0.3, -0.25) is 10.1 Å². The van der Waals surface area contributed by atoms with Gasteiger partial charge in [-0.1, -0.05) is 28.1 Å². The van der Waals surface area contributed by atoms with Crippen molar-refractivity contribution in [2.24, 2.45) is 5.14 Å². The molecule has 8 nitrogen and oxygen atoms in total. The highest BCUT2D eigenvalue weighted by Gasteiger charge is 2.19. The van der Waals surface area contributed by atoms with Gasteiger partial charge in [0, 0.05) is 16.1 Å². The van der Waals surface area contributed by atoms with Crippen LogP contribution in [-0.4, -0.2) is 13.3 Å². The molecule has 0 aliphatic rings. The van der Waals surface area contributed by atoms with E-state index >= 15 is 0 Å². The summed E-state index contributed by atoms with van der Waals surface area (Å²) < 4.78 is 29.4. The van der Waals surface area contributed by atoms with Crippen LogP contribution >= 0.6 is 15.9 Å². The molecular formula is C17H14BrN3O5S. The van der Waals surface area contributed by atoms with Gasteiger partial charge in [-0.25, -0.2) is 13.6 Å². The summed E-state index contributed by atoms with van der Waals surface area (Å²) in [6, 6.07) is 14.6. The first-order valence-electron chi connectivity index (χ1n) is 7.64. The highest BCUT2D eigenvalue weighted by atomic mass is 79.9. The van der Waals surface area contributed by atoms with Gasteiger partial charge in [0.1, 0.15) is 17.2 Å². The van der Waals surface area contributed by atoms with Crippen LogP contribution in [0.3, 0.4) is 0 Å². The van der Waals surface area contributed by atoms with E-state index in [9.17, 15) is 18.5 Å². The molecule has 0 saturated carbocycles. The molecule has 0 aliphatic carbocycles. The van der Waals surface area contributed by atoms with Crippen LogP contribution in [0.2, 0.25) is 0 Å². The summed E-state index contributed by atoms with van der Waals surface area (Å²) in [6.45, 7) is 0.187. The first kappa shape index (κ1) is 19.1. The summed E-state index contributed by atoms with van der Waals surface area (Å²) in [6.07, 6.45) is 0. The zero-order chi connectivity index (χ0) is 19.6. The molecule has 3 N–H and O–H groups in total. The summed E-state index contributed by atoms with van der Waals surface area (Å²) in [5.74, 6) is 1.23. The Balaban J connectivity index is 1.79. The van der Waals surface area contributed by atoms with Gasteiger partial charge in [-0.05, 0) is 36.4 Å². The number of sulfonamides is 1. The van der Waals surface area contributed by atoms with E-state index in [1.165, 1.54) is 12.1 Å². The van der Waals surface area contributed by atoms with E-state index in [2.05, 4.69) is 21.2 Å². The number of nitrogens with zero attached hydrogens (tertiary/aromatic N) is 1. The van der Waals surface area contributed by atoms with Gasteiger partial charge in [-0.2, -0.15) is 0 Å². The van der Waals surface area contributed by atoms with Crippen LogP contribution in [0.25, 0.3) is 11.3 Å². The lowest BCUT2D eigenvalue weighted by Crippen LogP contribution is -2.13. The van der Waals surface area contributed by atoms with Crippen molar-refractivity contribution in [2.75, 3.05) is 5.32 Å². The summed E-state index contributed by atoms with van der Waals surface area (Å²) in [4.78, 5) is 10.2. The number of nitro benzene ring substituents is 1. The van der Waals surface area contributed by atoms with Gasteiger partial charge in [0.15, 0.2) is 0 Å². The standard InChI is InChI=1S/C17H14BrN3O5S/c18-12-3-1-11(2-4-12)17-8-5-13(26-17)10-20-15-7-6-14(27(19,24)25)9-16(15)21(22)23/h1-9,20H,10H2,(H2,19,24,25). The average Bonchev–Trinajstić information content (AvgIpc) is 3.08. The number of nitrogens with one attached hydrogen (secondary N) is 1. The minimum Gasteiger partial charge on any atom is -0.459 e. The first-order chi connectivity index (χ1) is 12.7. The Bertz CT molecular complexity index is 1090. The Morgan fingerprint density at radius 3 is 2.44 bits per heavy atom. The monoisotopic (exact) mass is 451 g/mol. The molecule has 3 aromatic rings. The maximum absolute atomic E-state index is 11.4. The molecule has 1 heterocycles. The zero-order valence-corrected chi connectivity index (χ0v) is 16.2. The Labute approximate surface area is 163 Å². The maximum Gasteiger partial charge on any atom is 0.293 e. The summed E-state index contributed by atoms with van der Waals surface area (Å²) >= 11 is 3.37. The molecule has 0 saturated heterocycles. The third-order valence-electron chi connectivity index (χ3n) is 3.74. The Morgan fingerprint density at radius 1 is 1.11 bits per heavy atom. The van der Waals surface area contributed by atoms with Crippen LogP contribution < -0.4 is 10.5 Å². The van der Waals surface area contributed by atoms with Crippen molar-refractivity contribution in [3.63, 3.8) is 0 Å². The van der Waals surface area contributed by atoms with Crippen molar-refractivity contribution in [1.29, 1.82) is 0 Å². The molecule has 0 unspecified atom stereocenters. The summed E-state index contributed by atoms with van der Waals surface area (Å²) in [5, 5.41) is 19.1. The average molecular weight is 452 g/mol. The molecule has 0 amide bonds. The van der Waals surface area contributed by atoms with Crippen LogP contribution in [0.5, 0.6) is 0 Å². The molecule has 3 rings (SSSR count). The first-order valence-corrected chi connectivity index (χ1v) is 9.98. The predicted octanol–water partition coefficient (Wildman–Crippen LogP) is 3.88. The topological polar surface area (TPSA) is 128 Å². The molecule has 10 heteroatoms. The lowest BCUT2D eigenvalue weighted by atomic mass is 10.2. The smallest absolute Gasteiger partial charge is 0.293 e.